The highest BCUT2D eigenvalue weighted by Gasteiger charge is 2.22. The van der Waals surface area contributed by atoms with Gasteiger partial charge >= 0.3 is 0 Å². The topological polar surface area (TPSA) is 108 Å². The van der Waals surface area contributed by atoms with Crippen molar-refractivity contribution in [1.82, 2.24) is 4.90 Å². The van der Waals surface area contributed by atoms with E-state index in [1.54, 1.807) is 14.2 Å². The number of methoxy groups -OCH3 is 2. The standard InChI is InChI=1S/C31H36N4O5/c1-5-30(36)35(2)15-8-16-39-29-18-25-24(17-28(29)38-4)31(21(19-32)20-33-25)34-22-11-13-23(14-12-22)40-27-10-7-6-9-26(27)37-3/h6-7,9-14,17-18,30,33-34,36H,5,8,15-16,20H2,1-4H3. The molecule has 210 valence electrons. The number of nitrogens with one attached hydrogen (secondary N) is 2. The first kappa shape index (κ1) is 28.6. The molecule has 0 aliphatic carbocycles. The number of hydrogen-bond acceptors (Lipinski definition) is 9. The highest BCUT2D eigenvalue weighted by atomic mass is 16.5. The summed E-state index contributed by atoms with van der Waals surface area (Å²) in [5.41, 5.74) is 3.74. The van der Waals surface area contributed by atoms with Crippen molar-refractivity contribution in [2.45, 2.75) is 26.0 Å². The van der Waals surface area contributed by atoms with Gasteiger partial charge in [0.15, 0.2) is 23.0 Å². The molecule has 3 aromatic carbocycles. The summed E-state index contributed by atoms with van der Waals surface area (Å²) in [6, 6.07) is 21.1. The third-order valence-electron chi connectivity index (χ3n) is 6.67. The zero-order valence-corrected chi connectivity index (χ0v) is 23.4. The van der Waals surface area contributed by atoms with Crippen molar-refractivity contribution in [3.63, 3.8) is 0 Å². The molecular formula is C31H36N4O5. The lowest BCUT2D eigenvalue weighted by atomic mass is 9.99. The number of benzene rings is 3. The molecule has 1 unspecified atom stereocenters. The average Bonchev–Trinajstić information content (AvgIpc) is 2.99. The number of anilines is 2. The van der Waals surface area contributed by atoms with Gasteiger partial charge in [-0.1, -0.05) is 19.1 Å². The van der Waals surface area contributed by atoms with Gasteiger partial charge in [-0.25, -0.2) is 0 Å². The van der Waals surface area contributed by atoms with E-state index in [0.717, 1.165) is 23.4 Å². The van der Waals surface area contributed by atoms with Gasteiger partial charge in [0.2, 0.25) is 0 Å². The molecule has 0 spiro atoms. The quantitative estimate of drug-likeness (QED) is 0.184. The van der Waals surface area contributed by atoms with Crippen molar-refractivity contribution >= 4 is 17.1 Å². The Bertz CT molecular complexity index is 1370. The van der Waals surface area contributed by atoms with Gasteiger partial charge in [0.1, 0.15) is 12.0 Å². The Kier molecular flexibility index (Phi) is 9.73. The highest BCUT2D eigenvalue weighted by Crippen LogP contribution is 2.40. The predicted octanol–water partition coefficient (Wildman–Crippen LogP) is 5.70. The second kappa shape index (κ2) is 13.6. The second-order valence-electron chi connectivity index (χ2n) is 9.34. The molecule has 0 fully saturated rings. The molecule has 9 heteroatoms. The fraction of sp³-hybridized carbons (Fsp3) is 0.323. The van der Waals surface area contributed by atoms with Gasteiger partial charge in [-0.05, 0) is 62.4 Å². The SMILES string of the molecule is CCC(O)N(C)CCCOc1cc2c(cc1OC)C(Nc1ccc(Oc3ccccc3OC)cc1)=C(C#N)CN2. The molecule has 1 atom stereocenters. The van der Waals surface area contributed by atoms with Crippen LogP contribution in [0.4, 0.5) is 11.4 Å². The molecule has 0 radical (unpaired) electrons. The Morgan fingerprint density at radius 2 is 1.75 bits per heavy atom. The molecule has 40 heavy (non-hydrogen) atoms. The summed E-state index contributed by atoms with van der Waals surface area (Å²) >= 11 is 0. The van der Waals surface area contributed by atoms with E-state index in [1.165, 1.54) is 0 Å². The summed E-state index contributed by atoms with van der Waals surface area (Å²) in [6.07, 6.45) is 0.978. The van der Waals surface area contributed by atoms with E-state index in [4.69, 9.17) is 18.9 Å². The zero-order valence-electron chi connectivity index (χ0n) is 23.4. The zero-order chi connectivity index (χ0) is 28.5. The van der Waals surface area contributed by atoms with Crippen molar-refractivity contribution < 1.29 is 24.1 Å². The normalized spacial score (nSPS) is 13.1. The molecule has 3 aromatic rings. The first-order chi connectivity index (χ1) is 19.5. The van der Waals surface area contributed by atoms with Crippen LogP contribution in [-0.2, 0) is 0 Å². The van der Waals surface area contributed by atoms with Gasteiger partial charge < -0.3 is 34.7 Å². The van der Waals surface area contributed by atoms with Gasteiger partial charge in [0.05, 0.1) is 44.7 Å². The van der Waals surface area contributed by atoms with Crippen molar-refractivity contribution in [2.24, 2.45) is 0 Å². The van der Waals surface area contributed by atoms with Gasteiger partial charge in [-0.3, -0.25) is 4.90 Å². The summed E-state index contributed by atoms with van der Waals surface area (Å²) in [5, 5.41) is 26.5. The van der Waals surface area contributed by atoms with Crippen LogP contribution in [0.5, 0.6) is 28.7 Å². The summed E-state index contributed by atoms with van der Waals surface area (Å²) in [5.74, 6) is 3.13. The third-order valence-corrected chi connectivity index (χ3v) is 6.67. The molecule has 0 aromatic heterocycles. The predicted molar refractivity (Wildman–Crippen MR) is 156 cm³/mol. The molecule has 1 aliphatic heterocycles. The monoisotopic (exact) mass is 544 g/mol. The molecule has 0 saturated carbocycles. The minimum atomic E-state index is -0.453. The number of aliphatic hydroxyl groups is 1. The van der Waals surface area contributed by atoms with Crippen LogP contribution in [0, 0.1) is 11.3 Å². The van der Waals surface area contributed by atoms with E-state index < -0.39 is 6.23 Å². The van der Waals surface area contributed by atoms with Crippen molar-refractivity contribution in [3.05, 3.63) is 71.8 Å². The summed E-state index contributed by atoms with van der Waals surface area (Å²) < 4.78 is 23.0. The largest absolute Gasteiger partial charge is 0.493 e. The number of aliphatic hydroxyl groups excluding tert-OH is 1. The van der Waals surface area contributed by atoms with Crippen LogP contribution in [0.15, 0.2) is 66.2 Å². The minimum Gasteiger partial charge on any atom is -0.493 e. The van der Waals surface area contributed by atoms with Crippen LogP contribution < -0.4 is 29.6 Å². The van der Waals surface area contributed by atoms with Gasteiger partial charge in [-0.15, -0.1) is 0 Å². The molecule has 1 aliphatic rings. The lowest BCUT2D eigenvalue weighted by molar-refractivity contribution is 0.0170. The first-order valence-electron chi connectivity index (χ1n) is 13.3. The van der Waals surface area contributed by atoms with Crippen LogP contribution in [0.1, 0.15) is 25.3 Å². The Morgan fingerprint density at radius 1 is 1.02 bits per heavy atom. The summed E-state index contributed by atoms with van der Waals surface area (Å²) in [6.45, 7) is 3.52. The van der Waals surface area contributed by atoms with Crippen LogP contribution in [0.25, 0.3) is 5.70 Å². The molecule has 4 rings (SSSR count). The van der Waals surface area contributed by atoms with E-state index in [0.29, 0.717) is 66.1 Å². The minimum absolute atomic E-state index is 0.381. The van der Waals surface area contributed by atoms with Gasteiger partial charge in [0.25, 0.3) is 0 Å². The van der Waals surface area contributed by atoms with Crippen LogP contribution in [-0.4, -0.2) is 57.2 Å². The highest BCUT2D eigenvalue weighted by molar-refractivity contribution is 5.91. The maximum absolute atomic E-state index is 9.94. The fourth-order valence-corrected chi connectivity index (χ4v) is 4.40. The summed E-state index contributed by atoms with van der Waals surface area (Å²) in [4.78, 5) is 1.90. The van der Waals surface area contributed by atoms with E-state index in [-0.39, 0.29) is 0 Å². The van der Waals surface area contributed by atoms with E-state index in [9.17, 15) is 10.4 Å². The molecule has 0 saturated heterocycles. The molecule has 0 amide bonds. The number of rotatable bonds is 13. The maximum atomic E-state index is 9.94. The number of fused-ring (bicyclic) bond motifs is 1. The van der Waals surface area contributed by atoms with E-state index >= 15 is 0 Å². The molecule has 3 N–H and O–H groups in total. The molecule has 9 nitrogen and oxygen atoms in total. The third kappa shape index (κ3) is 6.78. The number of para-hydroxylation sites is 2. The van der Waals surface area contributed by atoms with E-state index in [1.807, 2.05) is 79.5 Å². The average molecular weight is 545 g/mol. The smallest absolute Gasteiger partial charge is 0.169 e. The Morgan fingerprint density at radius 3 is 2.42 bits per heavy atom. The second-order valence-corrected chi connectivity index (χ2v) is 9.34. The molecule has 1 heterocycles. The summed E-state index contributed by atoms with van der Waals surface area (Å²) in [7, 11) is 5.10. The Labute approximate surface area is 235 Å². The number of nitrogens with zero attached hydrogens (tertiary/aromatic N) is 2. The first-order valence-corrected chi connectivity index (χ1v) is 13.3. The van der Waals surface area contributed by atoms with Gasteiger partial charge in [0, 0.05) is 29.5 Å². The van der Waals surface area contributed by atoms with Crippen LogP contribution >= 0.6 is 0 Å². The Hall–Kier alpha value is -4.39. The van der Waals surface area contributed by atoms with Crippen LogP contribution in [0.2, 0.25) is 0 Å². The van der Waals surface area contributed by atoms with E-state index in [2.05, 4.69) is 16.7 Å². The van der Waals surface area contributed by atoms with Crippen molar-refractivity contribution in [2.75, 3.05) is 51.6 Å². The molecule has 0 bridgehead atoms. The lowest BCUT2D eigenvalue weighted by Gasteiger charge is -2.25. The number of ether oxygens (including phenoxy) is 4. The van der Waals surface area contributed by atoms with Crippen molar-refractivity contribution in [3.8, 4) is 34.8 Å². The fourth-order valence-electron chi connectivity index (χ4n) is 4.40. The number of nitriles is 1. The number of hydrogen-bond donors (Lipinski definition) is 3. The lowest BCUT2D eigenvalue weighted by Crippen LogP contribution is -2.32. The van der Waals surface area contributed by atoms with Gasteiger partial charge in [-0.2, -0.15) is 5.26 Å². The maximum Gasteiger partial charge on any atom is 0.169 e. The Balaban J connectivity index is 1.49. The van der Waals surface area contributed by atoms with Crippen LogP contribution in [0.3, 0.4) is 0 Å². The molecular weight excluding hydrogens is 508 g/mol. The van der Waals surface area contributed by atoms with Crippen molar-refractivity contribution in [1.29, 1.82) is 5.26 Å².